The van der Waals surface area contributed by atoms with Crippen molar-refractivity contribution in [2.45, 2.75) is 6.42 Å². The zero-order valence-corrected chi connectivity index (χ0v) is 7.45. The first kappa shape index (κ1) is 8.52. The van der Waals surface area contributed by atoms with Gasteiger partial charge in [0.25, 0.3) is 0 Å². The van der Waals surface area contributed by atoms with E-state index in [1.807, 2.05) is 18.3 Å². The molecule has 3 heteroatoms. The van der Waals surface area contributed by atoms with Gasteiger partial charge in [0.1, 0.15) is 6.29 Å². The molecule has 2 rings (SSSR count). The quantitative estimate of drug-likeness (QED) is 0.539. The summed E-state index contributed by atoms with van der Waals surface area (Å²) in [5.41, 5.74) is 2.70. The third-order valence-corrected chi connectivity index (χ3v) is 1.82. The van der Waals surface area contributed by atoms with Gasteiger partial charge in [0.15, 0.2) is 0 Å². The molecule has 0 amide bonds. The Bertz CT molecular complexity index is 517. The number of aromatic nitrogens is 2. The predicted octanol–water partition coefficient (Wildman–Crippen LogP) is 1.50. The maximum Gasteiger partial charge on any atom is 0.131 e. The number of H-pyrrole nitrogens is 1. The molecule has 0 aliphatic heterocycles. The first-order valence-electron chi connectivity index (χ1n) is 4.26. The van der Waals surface area contributed by atoms with Gasteiger partial charge < -0.3 is 9.78 Å². The number of carbonyl (C=O) groups is 1. The smallest absolute Gasteiger partial charge is 0.131 e. The number of hydrogen-bond acceptors (Lipinski definition) is 2. The molecule has 0 aliphatic rings. The Morgan fingerprint density at radius 2 is 2.50 bits per heavy atom. The van der Waals surface area contributed by atoms with Gasteiger partial charge in [-0.2, -0.15) is 0 Å². The lowest BCUT2D eigenvalue weighted by Crippen LogP contribution is -1.79. The zero-order valence-electron chi connectivity index (χ0n) is 7.45. The molecule has 0 aliphatic carbocycles. The third-order valence-electron chi connectivity index (χ3n) is 1.82. The van der Waals surface area contributed by atoms with Crippen molar-refractivity contribution in [3.05, 3.63) is 30.1 Å². The summed E-state index contributed by atoms with van der Waals surface area (Å²) >= 11 is 0. The highest BCUT2D eigenvalue weighted by Crippen LogP contribution is 2.09. The summed E-state index contributed by atoms with van der Waals surface area (Å²) in [6, 6.07) is 3.82. The SMILES string of the molecule is O=CCC#Cc1cnc2cc[nH]c2c1. The first-order chi connectivity index (χ1) is 6.90. The number of carbonyl (C=O) groups excluding carboxylic acids is 1. The summed E-state index contributed by atoms with van der Waals surface area (Å²) in [6.07, 6.45) is 4.59. The maximum absolute atomic E-state index is 10.0. The Morgan fingerprint density at radius 3 is 3.36 bits per heavy atom. The van der Waals surface area contributed by atoms with Crippen LogP contribution in [0, 0.1) is 11.8 Å². The fourth-order valence-electron chi connectivity index (χ4n) is 1.20. The second-order valence-electron chi connectivity index (χ2n) is 2.81. The molecule has 0 aromatic carbocycles. The molecule has 14 heavy (non-hydrogen) atoms. The van der Waals surface area contributed by atoms with E-state index in [4.69, 9.17) is 0 Å². The van der Waals surface area contributed by atoms with Crippen LogP contribution in [0.3, 0.4) is 0 Å². The highest BCUT2D eigenvalue weighted by Gasteiger charge is 1.94. The van der Waals surface area contributed by atoms with Crippen molar-refractivity contribution in [2.75, 3.05) is 0 Å². The van der Waals surface area contributed by atoms with Gasteiger partial charge in [-0.25, -0.2) is 0 Å². The van der Waals surface area contributed by atoms with E-state index in [0.29, 0.717) is 0 Å². The van der Waals surface area contributed by atoms with Gasteiger partial charge in [0.05, 0.1) is 17.5 Å². The normalized spacial score (nSPS) is 9.43. The standard InChI is InChI=1S/C11H8N2O/c14-6-2-1-3-9-7-11-10(13-8-9)4-5-12-11/h4-8,12H,2H2. The van der Waals surface area contributed by atoms with E-state index >= 15 is 0 Å². The van der Waals surface area contributed by atoms with Crippen molar-refractivity contribution < 1.29 is 4.79 Å². The summed E-state index contributed by atoms with van der Waals surface area (Å²) < 4.78 is 0. The van der Waals surface area contributed by atoms with Crippen LogP contribution in [0.2, 0.25) is 0 Å². The van der Waals surface area contributed by atoms with E-state index in [2.05, 4.69) is 21.8 Å². The fourth-order valence-corrected chi connectivity index (χ4v) is 1.20. The molecule has 0 saturated carbocycles. The minimum Gasteiger partial charge on any atom is -0.360 e. The highest BCUT2D eigenvalue weighted by molar-refractivity contribution is 5.76. The summed E-state index contributed by atoms with van der Waals surface area (Å²) in [5, 5.41) is 0. The van der Waals surface area contributed by atoms with E-state index in [1.165, 1.54) is 0 Å². The number of nitrogens with one attached hydrogen (secondary N) is 1. The van der Waals surface area contributed by atoms with Crippen LogP contribution in [0.5, 0.6) is 0 Å². The van der Waals surface area contributed by atoms with Crippen molar-refractivity contribution in [3.8, 4) is 11.8 Å². The van der Waals surface area contributed by atoms with Crippen molar-refractivity contribution in [2.24, 2.45) is 0 Å². The highest BCUT2D eigenvalue weighted by atomic mass is 16.1. The minimum absolute atomic E-state index is 0.267. The van der Waals surface area contributed by atoms with Crippen molar-refractivity contribution >= 4 is 17.3 Å². The van der Waals surface area contributed by atoms with Crippen LogP contribution in [0.4, 0.5) is 0 Å². The summed E-state index contributed by atoms with van der Waals surface area (Å²) in [5.74, 6) is 5.60. The number of nitrogens with zero attached hydrogens (tertiary/aromatic N) is 1. The van der Waals surface area contributed by atoms with Crippen LogP contribution in [-0.2, 0) is 4.79 Å². The maximum atomic E-state index is 10.0. The molecular weight excluding hydrogens is 176 g/mol. The van der Waals surface area contributed by atoms with Crippen LogP contribution in [0.15, 0.2) is 24.5 Å². The monoisotopic (exact) mass is 184 g/mol. The largest absolute Gasteiger partial charge is 0.360 e. The van der Waals surface area contributed by atoms with Crippen LogP contribution in [0.25, 0.3) is 11.0 Å². The lowest BCUT2D eigenvalue weighted by atomic mass is 10.2. The second-order valence-corrected chi connectivity index (χ2v) is 2.81. The van der Waals surface area contributed by atoms with Crippen LogP contribution in [-0.4, -0.2) is 16.3 Å². The lowest BCUT2D eigenvalue weighted by Gasteiger charge is -1.90. The van der Waals surface area contributed by atoms with Gasteiger partial charge in [0.2, 0.25) is 0 Å². The Hall–Kier alpha value is -2.08. The van der Waals surface area contributed by atoms with Gasteiger partial charge in [-0.05, 0) is 12.1 Å². The number of fused-ring (bicyclic) bond motifs is 1. The molecule has 2 heterocycles. The van der Waals surface area contributed by atoms with Gasteiger partial charge in [0, 0.05) is 18.0 Å². The second kappa shape index (κ2) is 3.75. The summed E-state index contributed by atoms with van der Waals surface area (Å²) in [6.45, 7) is 0. The van der Waals surface area contributed by atoms with Gasteiger partial charge >= 0.3 is 0 Å². The average Bonchev–Trinajstić information content (AvgIpc) is 2.65. The van der Waals surface area contributed by atoms with Gasteiger partial charge in [-0.1, -0.05) is 11.8 Å². The first-order valence-corrected chi connectivity index (χ1v) is 4.26. The Kier molecular flexibility index (Phi) is 2.28. The zero-order chi connectivity index (χ0) is 9.80. The number of hydrogen-bond donors (Lipinski definition) is 1. The molecule has 2 aromatic rings. The molecule has 0 radical (unpaired) electrons. The topological polar surface area (TPSA) is 45.8 Å². The number of pyridine rings is 1. The fraction of sp³-hybridized carbons (Fsp3) is 0.0909. The molecule has 2 aromatic heterocycles. The molecule has 0 fully saturated rings. The molecule has 1 N–H and O–H groups in total. The number of aromatic amines is 1. The van der Waals surface area contributed by atoms with E-state index in [1.54, 1.807) is 6.20 Å². The van der Waals surface area contributed by atoms with Crippen LogP contribution < -0.4 is 0 Å². The predicted molar refractivity (Wildman–Crippen MR) is 53.7 cm³/mol. The minimum atomic E-state index is 0.267. The molecule has 0 unspecified atom stereocenters. The summed E-state index contributed by atoms with van der Waals surface area (Å²) in [7, 11) is 0. The van der Waals surface area contributed by atoms with Crippen molar-refractivity contribution in [1.82, 2.24) is 9.97 Å². The van der Waals surface area contributed by atoms with E-state index in [-0.39, 0.29) is 6.42 Å². The van der Waals surface area contributed by atoms with E-state index in [9.17, 15) is 4.79 Å². The number of aldehydes is 1. The molecule has 0 spiro atoms. The van der Waals surface area contributed by atoms with E-state index < -0.39 is 0 Å². The Balaban J connectivity index is 2.35. The Labute approximate surface area is 81.2 Å². The van der Waals surface area contributed by atoms with Crippen LogP contribution >= 0.6 is 0 Å². The average molecular weight is 184 g/mol. The molecule has 68 valence electrons. The van der Waals surface area contributed by atoms with E-state index in [0.717, 1.165) is 22.9 Å². The molecular formula is C11H8N2O. The molecule has 0 bridgehead atoms. The third kappa shape index (κ3) is 1.64. The molecule has 3 nitrogen and oxygen atoms in total. The Morgan fingerprint density at radius 1 is 1.57 bits per heavy atom. The molecule has 0 saturated heterocycles. The number of rotatable bonds is 1. The molecule has 0 atom stereocenters. The summed E-state index contributed by atoms with van der Waals surface area (Å²) in [4.78, 5) is 17.3. The lowest BCUT2D eigenvalue weighted by molar-refractivity contribution is -0.107. The van der Waals surface area contributed by atoms with Crippen molar-refractivity contribution in [1.29, 1.82) is 0 Å². The van der Waals surface area contributed by atoms with Crippen molar-refractivity contribution in [3.63, 3.8) is 0 Å². The van der Waals surface area contributed by atoms with Gasteiger partial charge in [-0.3, -0.25) is 4.98 Å². The van der Waals surface area contributed by atoms with Gasteiger partial charge in [-0.15, -0.1) is 0 Å². The van der Waals surface area contributed by atoms with Crippen LogP contribution in [0.1, 0.15) is 12.0 Å².